The molecule has 0 spiro atoms. The molecule has 1 fully saturated rings. The molecule has 0 aliphatic carbocycles. The maximum Gasteiger partial charge on any atom is 0.295 e. The summed E-state index contributed by atoms with van der Waals surface area (Å²) in [6, 6.07) is 9.46. The van der Waals surface area contributed by atoms with Gasteiger partial charge in [-0.3, -0.25) is 9.59 Å². The molecule has 3 rings (SSSR count). The van der Waals surface area contributed by atoms with E-state index < -0.39 is 17.7 Å². The Labute approximate surface area is 224 Å². The Morgan fingerprint density at radius 3 is 2.26 bits per heavy atom. The molecule has 206 valence electrons. The lowest BCUT2D eigenvalue weighted by Crippen LogP contribution is -2.32. The third-order valence-corrected chi connectivity index (χ3v) is 6.42. The van der Waals surface area contributed by atoms with E-state index in [1.165, 1.54) is 26.2 Å². The highest BCUT2D eigenvalue weighted by Crippen LogP contribution is 2.45. The van der Waals surface area contributed by atoms with Crippen LogP contribution in [0.5, 0.6) is 23.0 Å². The number of ether oxygens (including phenoxy) is 4. The van der Waals surface area contributed by atoms with E-state index in [0.29, 0.717) is 53.7 Å². The summed E-state index contributed by atoms with van der Waals surface area (Å²) in [4.78, 5) is 30.2. The molecule has 38 heavy (non-hydrogen) atoms. The number of rotatable bonds is 13. The van der Waals surface area contributed by atoms with Crippen molar-refractivity contribution in [1.29, 1.82) is 0 Å². The van der Waals surface area contributed by atoms with Crippen LogP contribution in [0.2, 0.25) is 0 Å². The first-order chi connectivity index (χ1) is 18.3. The molecule has 0 saturated carbocycles. The Bertz CT molecular complexity index is 1150. The number of unbranched alkanes of at least 4 members (excludes halogenated alkanes) is 1. The standard InChI is InChI=1S/C29H38N2O7/c1-7-8-15-38-21-12-9-11-19(16-21)26(32)24-25(31(29(34)27(24)33)14-10-13-30(2)3)20-17-22(35-4)28(37-6)23(18-20)36-5/h9,11-12,16-18,25,32H,7-8,10,13-15H2,1-6H3. The molecule has 2 aromatic carbocycles. The lowest BCUT2D eigenvalue weighted by atomic mass is 9.94. The van der Waals surface area contributed by atoms with Gasteiger partial charge in [0.2, 0.25) is 5.75 Å². The minimum absolute atomic E-state index is 0.000154. The monoisotopic (exact) mass is 526 g/mol. The number of nitrogens with zero attached hydrogens (tertiary/aromatic N) is 2. The molecule has 1 aliphatic rings. The molecule has 1 atom stereocenters. The molecule has 0 bridgehead atoms. The quantitative estimate of drug-likeness (QED) is 0.179. The second kappa shape index (κ2) is 13.2. The number of benzene rings is 2. The molecule has 1 N–H and O–H groups in total. The number of carbonyl (C=O) groups excluding carboxylic acids is 2. The molecule has 1 saturated heterocycles. The molecule has 1 aliphatic heterocycles. The van der Waals surface area contributed by atoms with Crippen molar-refractivity contribution < 1.29 is 33.6 Å². The first-order valence-electron chi connectivity index (χ1n) is 12.7. The van der Waals surface area contributed by atoms with Gasteiger partial charge in [-0.1, -0.05) is 25.5 Å². The number of hydrogen-bond donors (Lipinski definition) is 1. The van der Waals surface area contributed by atoms with Crippen LogP contribution in [-0.2, 0) is 9.59 Å². The number of aliphatic hydroxyl groups excluding tert-OH is 1. The zero-order valence-electron chi connectivity index (χ0n) is 23.1. The normalized spacial score (nSPS) is 16.7. The number of hydrogen-bond acceptors (Lipinski definition) is 8. The Morgan fingerprint density at radius 1 is 1.00 bits per heavy atom. The van der Waals surface area contributed by atoms with E-state index in [1.54, 1.807) is 36.4 Å². The smallest absolute Gasteiger partial charge is 0.295 e. The van der Waals surface area contributed by atoms with Gasteiger partial charge in [-0.25, -0.2) is 0 Å². The summed E-state index contributed by atoms with van der Waals surface area (Å²) in [6.07, 6.45) is 2.53. The molecule has 0 radical (unpaired) electrons. The summed E-state index contributed by atoms with van der Waals surface area (Å²) >= 11 is 0. The summed E-state index contributed by atoms with van der Waals surface area (Å²) in [5, 5.41) is 11.5. The van der Waals surface area contributed by atoms with E-state index in [0.717, 1.165) is 19.4 Å². The van der Waals surface area contributed by atoms with Crippen molar-refractivity contribution in [3.63, 3.8) is 0 Å². The van der Waals surface area contributed by atoms with Gasteiger partial charge in [0.05, 0.1) is 39.6 Å². The van der Waals surface area contributed by atoms with Crippen LogP contribution in [0.15, 0.2) is 42.0 Å². The fourth-order valence-electron chi connectivity index (χ4n) is 4.50. The van der Waals surface area contributed by atoms with Gasteiger partial charge in [-0.2, -0.15) is 0 Å². The molecular weight excluding hydrogens is 488 g/mol. The Hall–Kier alpha value is -3.72. The lowest BCUT2D eigenvalue weighted by Gasteiger charge is -2.27. The first kappa shape index (κ1) is 28.8. The summed E-state index contributed by atoms with van der Waals surface area (Å²) in [6.45, 7) is 3.66. The summed E-state index contributed by atoms with van der Waals surface area (Å²) < 4.78 is 22.3. The number of likely N-dealkylation sites (tertiary alicyclic amines) is 1. The van der Waals surface area contributed by atoms with Crippen molar-refractivity contribution in [2.75, 3.05) is 55.1 Å². The van der Waals surface area contributed by atoms with Crippen LogP contribution < -0.4 is 18.9 Å². The summed E-state index contributed by atoms with van der Waals surface area (Å²) in [5.41, 5.74) is 0.947. The molecule has 1 heterocycles. The van der Waals surface area contributed by atoms with Gasteiger partial charge in [0, 0.05) is 12.1 Å². The van der Waals surface area contributed by atoms with Crippen molar-refractivity contribution in [2.24, 2.45) is 0 Å². The van der Waals surface area contributed by atoms with E-state index >= 15 is 0 Å². The average Bonchev–Trinajstić information content (AvgIpc) is 3.17. The van der Waals surface area contributed by atoms with E-state index in [9.17, 15) is 14.7 Å². The zero-order chi connectivity index (χ0) is 27.8. The third kappa shape index (κ3) is 6.22. The molecule has 1 unspecified atom stereocenters. The highest BCUT2D eigenvalue weighted by atomic mass is 16.5. The van der Waals surface area contributed by atoms with E-state index in [1.807, 2.05) is 19.0 Å². The van der Waals surface area contributed by atoms with Gasteiger partial charge in [-0.15, -0.1) is 0 Å². The second-order valence-electron chi connectivity index (χ2n) is 9.34. The third-order valence-electron chi connectivity index (χ3n) is 6.42. The van der Waals surface area contributed by atoms with Crippen LogP contribution in [-0.4, -0.2) is 81.7 Å². The van der Waals surface area contributed by atoms with Crippen LogP contribution in [0, 0.1) is 0 Å². The van der Waals surface area contributed by atoms with Crippen LogP contribution in [0.3, 0.4) is 0 Å². The van der Waals surface area contributed by atoms with Crippen LogP contribution >= 0.6 is 0 Å². The number of amides is 1. The number of carbonyl (C=O) groups is 2. The van der Waals surface area contributed by atoms with Crippen molar-refractivity contribution in [3.05, 3.63) is 53.1 Å². The highest BCUT2D eigenvalue weighted by molar-refractivity contribution is 6.46. The molecular formula is C29H38N2O7. The minimum Gasteiger partial charge on any atom is -0.507 e. The van der Waals surface area contributed by atoms with Gasteiger partial charge in [0.25, 0.3) is 11.7 Å². The van der Waals surface area contributed by atoms with Gasteiger partial charge in [0.1, 0.15) is 11.5 Å². The second-order valence-corrected chi connectivity index (χ2v) is 9.34. The topological polar surface area (TPSA) is 97.8 Å². The Kier molecular flexibility index (Phi) is 10.0. The minimum atomic E-state index is -0.851. The maximum absolute atomic E-state index is 13.4. The number of methoxy groups -OCH3 is 3. The van der Waals surface area contributed by atoms with Crippen molar-refractivity contribution in [1.82, 2.24) is 9.80 Å². The van der Waals surface area contributed by atoms with Gasteiger partial charge < -0.3 is 33.9 Å². The highest BCUT2D eigenvalue weighted by Gasteiger charge is 2.46. The van der Waals surface area contributed by atoms with Crippen LogP contribution in [0.25, 0.3) is 5.76 Å². The fourth-order valence-corrected chi connectivity index (χ4v) is 4.50. The van der Waals surface area contributed by atoms with Crippen molar-refractivity contribution in [2.45, 2.75) is 32.2 Å². The van der Waals surface area contributed by atoms with Gasteiger partial charge >= 0.3 is 0 Å². The fraction of sp³-hybridized carbons (Fsp3) is 0.448. The van der Waals surface area contributed by atoms with Crippen LogP contribution in [0.1, 0.15) is 43.4 Å². The molecule has 9 nitrogen and oxygen atoms in total. The Morgan fingerprint density at radius 2 is 1.68 bits per heavy atom. The predicted molar refractivity (Wildman–Crippen MR) is 145 cm³/mol. The summed E-state index contributed by atoms with van der Waals surface area (Å²) in [5.74, 6) is 0.0485. The summed E-state index contributed by atoms with van der Waals surface area (Å²) in [7, 11) is 8.39. The zero-order valence-corrected chi connectivity index (χ0v) is 23.1. The van der Waals surface area contributed by atoms with E-state index in [2.05, 4.69) is 6.92 Å². The van der Waals surface area contributed by atoms with Gasteiger partial charge in [0.15, 0.2) is 11.5 Å². The molecule has 2 aromatic rings. The van der Waals surface area contributed by atoms with E-state index in [-0.39, 0.29) is 11.3 Å². The number of Topliss-reactive ketones (excluding diaryl/α,β-unsaturated/α-hetero) is 1. The van der Waals surface area contributed by atoms with Crippen molar-refractivity contribution in [3.8, 4) is 23.0 Å². The van der Waals surface area contributed by atoms with E-state index in [4.69, 9.17) is 18.9 Å². The largest absolute Gasteiger partial charge is 0.507 e. The SMILES string of the molecule is CCCCOc1cccc(C(O)=C2C(=O)C(=O)N(CCCN(C)C)C2c2cc(OC)c(OC)c(OC)c2)c1. The Balaban J connectivity index is 2.16. The number of aliphatic hydroxyl groups is 1. The van der Waals surface area contributed by atoms with Gasteiger partial charge in [-0.05, 0) is 63.3 Å². The molecule has 0 aromatic heterocycles. The predicted octanol–water partition coefficient (Wildman–Crippen LogP) is 4.26. The lowest BCUT2D eigenvalue weighted by molar-refractivity contribution is -0.139. The van der Waals surface area contributed by atoms with Crippen molar-refractivity contribution >= 4 is 17.4 Å². The van der Waals surface area contributed by atoms with Crippen LogP contribution in [0.4, 0.5) is 0 Å². The molecule has 1 amide bonds. The number of ketones is 1. The maximum atomic E-state index is 13.4. The molecule has 9 heteroatoms. The first-order valence-corrected chi connectivity index (χ1v) is 12.7. The average molecular weight is 527 g/mol.